The maximum absolute atomic E-state index is 12.7. The van der Waals surface area contributed by atoms with Crippen molar-refractivity contribution in [3.05, 3.63) is 0 Å². The summed E-state index contributed by atoms with van der Waals surface area (Å²) >= 11 is 0. The smallest absolute Gasteiger partial charge is 0.320 e. The first kappa shape index (κ1) is 10.8. The fraction of sp³-hybridized carbons (Fsp3) is 0.667. The van der Waals surface area contributed by atoms with Gasteiger partial charge in [-0.1, -0.05) is 0 Å². The van der Waals surface area contributed by atoms with Gasteiger partial charge >= 0.3 is 5.97 Å². The Labute approximate surface area is 68.7 Å². The van der Waals surface area contributed by atoms with E-state index < -0.39 is 30.5 Å². The molecule has 0 aliphatic rings. The van der Waals surface area contributed by atoms with Gasteiger partial charge in [0.1, 0.15) is 6.04 Å². The lowest BCUT2D eigenvalue weighted by atomic mass is 10.1. The molecule has 0 radical (unpaired) electrons. The van der Waals surface area contributed by atoms with E-state index in [0.29, 0.717) is 0 Å². The normalized spacial score (nSPS) is 14.9. The van der Waals surface area contributed by atoms with Crippen LogP contribution in [0.25, 0.3) is 0 Å². The Bertz CT molecular complexity index is 186. The Kier molecular flexibility index (Phi) is 4.20. The summed E-state index contributed by atoms with van der Waals surface area (Å²) in [7, 11) is 1.27. The molecular weight excluding hydrogens is 167 g/mol. The molecule has 0 spiro atoms. The number of alkyl halides is 1. The van der Waals surface area contributed by atoms with Crippen LogP contribution < -0.4 is 11.1 Å². The highest BCUT2D eigenvalue weighted by Crippen LogP contribution is 2.00. The van der Waals surface area contributed by atoms with Crippen LogP contribution in [-0.4, -0.2) is 36.2 Å². The zero-order chi connectivity index (χ0) is 9.72. The zero-order valence-electron chi connectivity index (χ0n) is 6.58. The number of hydrogen-bond donors (Lipinski definition) is 3. The topological polar surface area (TPSA) is 92.4 Å². The molecule has 1 amide bonds. The Morgan fingerprint density at radius 2 is 2.17 bits per heavy atom. The van der Waals surface area contributed by atoms with Gasteiger partial charge in [-0.25, -0.2) is 4.39 Å². The summed E-state index contributed by atoms with van der Waals surface area (Å²) in [4.78, 5) is 20.7. The standard InChI is InChI=1S/C6H11FN2O3/c1-9-5(10)3(7)2-4(8)6(11)12/h3-4H,2,8H2,1H3,(H,9,10)(H,11,12)/t3-,4+/m1/s1. The van der Waals surface area contributed by atoms with E-state index in [1.807, 2.05) is 5.32 Å². The van der Waals surface area contributed by atoms with Gasteiger partial charge in [-0.15, -0.1) is 0 Å². The highest BCUT2D eigenvalue weighted by molar-refractivity contribution is 5.81. The number of hydrogen-bond acceptors (Lipinski definition) is 3. The molecule has 0 aliphatic heterocycles. The van der Waals surface area contributed by atoms with E-state index in [2.05, 4.69) is 0 Å². The lowest BCUT2D eigenvalue weighted by Gasteiger charge is -2.09. The van der Waals surface area contributed by atoms with Gasteiger partial charge in [-0.05, 0) is 0 Å². The molecule has 5 nitrogen and oxygen atoms in total. The molecule has 0 saturated carbocycles. The van der Waals surface area contributed by atoms with Crippen molar-refractivity contribution in [3.8, 4) is 0 Å². The fourth-order valence-electron chi connectivity index (χ4n) is 0.587. The monoisotopic (exact) mass is 178 g/mol. The van der Waals surface area contributed by atoms with E-state index in [-0.39, 0.29) is 0 Å². The first-order chi connectivity index (χ1) is 5.49. The summed E-state index contributed by atoms with van der Waals surface area (Å²) in [5.74, 6) is -2.17. The number of carbonyl (C=O) groups is 2. The van der Waals surface area contributed by atoms with Gasteiger partial charge in [0.25, 0.3) is 5.91 Å². The van der Waals surface area contributed by atoms with E-state index in [1.54, 1.807) is 0 Å². The predicted octanol–water partition coefficient (Wildman–Crippen LogP) is -1.13. The third kappa shape index (κ3) is 3.29. The molecule has 0 unspecified atom stereocenters. The van der Waals surface area contributed by atoms with Crippen LogP contribution >= 0.6 is 0 Å². The minimum Gasteiger partial charge on any atom is -0.480 e. The summed E-state index contributed by atoms with van der Waals surface area (Å²) in [6, 6.07) is -1.34. The van der Waals surface area contributed by atoms with Gasteiger partial charge < -0.3 is 16.2 Å². The van der Waals surface area contributed by atoms with Crippen LogP contribution in [0, 0.1) is 0 Å². The maximum Gasteiger partial charge on any atom is 0.320 e. The van der Waals surface area contributed by atoms with E-state index in [1.165, 1.54) is 7.05 Å². The van der Waals surface area contributed by atoms with Crippen LogP contribution in [0.1, 0.15) is 6.42 Å². The molecule has 12 heavy (non-hydrogen) atoms. The third-order valence-electron chi connectivity index (χ3n) is 1.31. The molecule has 0 bridgehead atoms. The number of carboxylic acids is 1. The number of nitrogens with one attached hydrogen (secondary N) is 1. The zero-order valence-corrected chi connectivity index (χ0v) is 6.58. The largest absolute Gasteiger partial charge is 0.480 e. The number of carbonyl (C=O) groups excluding carboxylic acids is 1. The second-order valence-corrected chi connectivity index (χ2v) is 2.26. The van der Waals surface area contributed by atoms with Crippen molar-refractivity contribution in [1.82, 2.24) is 5.32 Å². The van der Waals surface area contributed by atoms with E-state index in [9.17, 15) is 14.0 Å². The van der Waals surface area contributed by atoms with Gasteiger partial charge in [0, 0.05) is 13.5 Å². The average Bonchev–Trinajstić information content (AvgIpc) is 2.02. The number of rotatable bonds is 4. The molecule has 0 saturated heterocycles. The number of halogens is 1. The summed E-state index contributed by atoms with van der Waals surface area (Å²) in [5, 5.41) is 10.3. The second kappa shape index (κ2) is 4.66. The van der Waals surface area contributed by atoms with E-state index in [4.69, 9.17) is 10.8 Å². The Balaban J connectivity index is 3.91. The quantitative estimate of drug-likeness (QED) is 0.508. The van der Waals surface area contributed by atoms with Gasteiger partial charge in [0.05, 0.1) is 0 Å². The highest BCUT2D eigenvalue weighted by atomic mass is 19.1. The number of aliphatic carboxylic acids is 1. The lowest BCUT2D eigenvalue weighted by molar-refractivity contribution is -0.139. The summed E-state index contributed by atoms with van der Waals surface area (Å²) in [6.45, 7) is 0. The molecule has 0 fully saturated rings. The predicted molar refractivity (Wildman–Crippen MR) is 39.2 cm³/mol. The summed E-state index contributed by atoms with van der Waals surface area (Å²) in [6.07, 6.45) is -2.37. The van der Waals surface area contributed by atoms with Crippen molar-refractivity contribution in [1.29, 1.82) is 0 Å². The van der Waals surface area contributed by atoms with Crippen LogP contribution in [0.4, 0.5) is 4.39 Å². The molecule has 70 valence electrons. The van der Waals surface area contributed by atoms with Gasteiger partial charge in [0.15, 0.2) is 6.17 Å². The molecule has 0 aromatic rings. The minimum atomic E-state index is -1.86. The highest BCUT2D eigenvalue weighted by Gasteiger charge is 2.22. The van der Waals surface area contributed by atoms with E-state index >= 15 is 0 Å². The third-order valence-corrected chi connectivity index (χ3v) is 1.31. The lowest BCUT2D eigenvalue weighted by Crippen LogP contribution is -2.38. The van der Waals surface area contributed by atoms with Gasteiger partial charge in [-0.2, -0.15) is 0 Å². The molecule has 0 aromatic carbocycles. The summed E-state index contributed by atoms with van der Waals surface area (Å²) < 4.78 is 12.7. The number of nitrogens with two attached hydrogens (primary N) is 1. The minimum absolute atomic E-state index is 0.505. The molecule has 6 heteroatoms. The number of amides is 1. The molecule has 0 aromatic heterocycles. The van der Waals surface area contributed by atoms with Gasteiger partial charge in [0.2, 0.25) is 0 Å². The number of carboxylic acid groups (broad SMARTS) is 1. The molecule has 2 atom stereocenters. The second-order valence-electron chi connectivity index (χ2n) is 2.26. The molecule has 0 rings (SSSR count). The maximum atomic E-state index is 12.7. The molecule has 4 N–H and O–H groups in total. The van der Waals surface area contributed by atoms with Crippen molar-refractivity contribution in [2.75, 3.05) is 7.05 Å². The molecular formula is C6H11FN2O3. The van der Waals surface area contributed by atoms with Crippen LogP contribution in [0.15, 0.2) is 0 Å². The van der Waals surface area contributed by atoms with Crippen molar-refractivity contribution in [2.24, 2.45) is 5.73 Å². The Morgan fingerprint density at radius 3 is 2.50 bits per heavy atom. The van der Waals surface area contributed by atoms with Crippen LogP contribution in [0.3, 0.4) is 0 Å². The Morgan fingerprint density at radius 1 is 1.67 bits per heavy atom. The van der Waals surface area contributed by atoms with Crippen molar-refractivity contribution in [2.45, 2.75) is 18.6 Å². The SMILES string of the molecule is CNC(=O)[C@H](F)C[C@H](N)C(=O)O. The fourth-order valence-corrected chi connectivity index (χ4v) is 0.587. The van der Waals surface area contributed by atoms with Crippen LogP contribution in [0.5, 0.6) is 0 Å². The van der Waals surface area contributed by atoms with Crippen molar-refractivity contribution < 1.29 is 19.1 Å². The first-order valence-corrected chi connectivity index (χ1v) is 3.33. The van der Waals surface area contributed by atoms with Crippen LogP contribution in [0.2, 0.25) is 0 Å². The molecule has 0 heterocycles. The van der Waals surface area contributed by atoms with Crippen molar-refractivity contribution >= 4 is 11.9 Å². The Hall–Kier alpha value is -1.17. The summed E-state index contributed by atoms with van der Waals surface area (Å²) in [5.41, 5.74) is 4.99. The molecule has 0 aliphatic carbocycles. The van der Waals surface area contributed by atoms with Crippen molar-refractivity contribution in [3.63, 3.8) is 0 Å². The average molecular weight is 178 g/mol. The van der Waals surface area contributed by atoms with Gasteiger partial charge in [-0.3, -0.25) is 9.59 Å². The first-order valence-electron chi connectivity index (χ1n) is 3.33. The van der Waals surface area contributed by atoms with Crippen LogP contribution in [-0.2, 0) is 9.59 Å². The van der Waals surface area contributed by atoms with E-state index in [0.717, 1.165) is 0 Å².